The smallest absolute Gasteiger partial charge is 0.307 e. The summed E-state index contributed by atoms with van der Waals surface area (Å²) >= 11 is 0. The Morgan fingerprint density at radius 2 is 1.62 bits per heavy atom. The minimum absolute atomic E-state index is 0.169. The molecule has 0 aliphatic heterocycles. The molecular formula is C14H26O2. The van der Waals surface area contributed by atoms with E-state index in [0.717, 1.165) is 6.42 Å². The fraction of sp³-hybridized carbons (Fsp3) is 0.786. The van der Waals surface area contributed by atoms with Gasteiger partial charge in [-0.05, 0) is 19.8 Å². The Hall–Kier alpha value is -0.790. The molecule has 0 unspecified atom stereocenters. The van der Waals surface area contributed by atoms with Crippen LogP contribution in [0.1, 0.15) is 71.6 Å². The molecule has 0 aromatic rings. The summed E-state index contributed by atoms with van der Waals surface area (Å²) in [5.41, 5.74) is 1.22. The van der Waals surface area contributed by atoms with Crippen molar-refractivity contribution in [2.75, 3.05) is 0 Å². The average Bonchev–Trinajstić information content (AvgIpc) is 2.25. The predicted octanol–water partition coefficient (Wildman–Crippen LogP) is 4.55. The molecule has 16 heavy (non-hydrogen) atoms. The standard InChI is InChI=1S/C14H26O2/c1-3-4-5-6-7-8-9-10-13(2)11-12-14(15)16/h11H,3-10,12H2,1-2H3,(H,15,16). The van der Waals surface area contributed by atoms with Crippen LogP contribution in [0.15, 0.2) is 11.6 Å². The second-order valence-electron chi connectivity index (χ2n) is 4.52. The lowest BCUT2D eigenvalue weighted by atomic mass is 10.0. The van der Waals surface area contributed by atoms with Gasteiger partial charge in [-0.25, -0.2) is 0 Å². The van der Waals surface area contributed by atoms with Crippen molar-refractivity contribution in [2.45, 2.75) is 71.6 Å². The summed E-state index contributed by atoms with van der Waals surface area (Å²) in [6.07, 6.45) is 12.2. The molecule has 94 valence electrons. The number of hydrogen-bond donors (Lipinski definition) is 1. The molecule has 0 fully saturated rings. The molecule has 0 bridgehead atoms. The van der Waals surface area contributed by atoms with Gasteiger partial charge in [-0.3, -0.25) is 4.79 Å². The quantitative estimate of drug-likeness (QED) is 0.438. The van der Waals surface area contributed by atoms with Gasteiger partial charge in [0.1, 0.15) is 0 Å². The van der Waals surface area contributed by atoms with E-state index in [2.05, 4.69) is 6.92 Å². The molecule has 0 rings (SSSR count). The third kappa shape index (κ3) is 11.3. The monoisotopic (exact) mass is 226 g/mol. The van der Waals surface area contributed by atoms with Crippen LogP contribution >= 0.6 is 0 Å². The van der Waals surface area contributed by atoms with Gasteiger partial charge in [-0.15, -0.1) is 0 Å². The summed E-state index contributed by atoms with van der Waals surface area (Å²) in [5.74, 6) is -0.737. The molecule has 0 spiro atoms. The Balaban J connectivity index is 3.30. The molecule has 0 radical (unpaired) electrons. The number of carboxylic acid groups (broad SMARTS) is 1. The number of carbonyl (C=O) groups is 1. The molecular weight excluding hydrogens is 200 g/mol. The highest BCUT2D eigenvalue weighted by atomic mass is 16.4. The third-order valence-electron chi connectivity index (χ3n) is 2.80. The van der Waals surface area contributed by atoms with E-state index in [-0.39, 0.29) is 6.42 Å². The van der Waals surface area contributed by atoms with Crippen molar-refractivity contribution in [3.63, 3.8) is 0 Å². The van der Waals surface area contributed by atoms with Crippen LogP contribution in [0.25, 0.3) is 0 Å². The first-order chi connectivity index (χ1) is 7.66. The summed E-state index contributed by atoms with van der Waals surface area (Å²) in [4.78, 5) is 10.3. The first-order valence-electron chi connectivity index (χ1n) is 6.54. The topological polar surface area (TPSA) is 37.3 Å². The Kier molecular flexibility index (Phi) is 10.2. The molecule has 0 amide bonds. The van der Waals surface area contributed by atoms with E-state index in [1.54, 1.807) is 0 Å². The number of allylic oxidation sites excluding steroid dienone is 1. The molecule has 0 heterocycles. The van der Waals surface area contributed by atoms with Crippen LogP contribution in [0.5, 0.6) is 0 Å². The minimum atomic E-state index is -0.737. The van der Waals surface area contributed by atoms with E-state index in [0.29, 0.717) is 0 Å². The molecule has 0 aliphatic carbocycles. The van der Waals surface area contributed by atoms with Crippen LogP contribution < -0.4 is 0 Å². The van der Waals surface area contributed by atoms with Crippen molar-refractivity contribution in [3.8, 4) is 0 Å². The van der Waals surface area contributed by atoms with Crippen LogP contribution in [-0.4, -0.2) is 11.1 Å². The van der Waals surface area contributed by atoms with E-state index in [1.807, 2.05) is 13.0 Å². The summed E-state index contributed by atoms with van der Waals surface area (Å²) in [6.45, 7) is 4.26. The maximum Gasteiger partial charge on any atom is 0.307 e. The second-order valence-corrected chi connectivity index (χ2v) is 4.52. The zero-order valence-electron chi connectivity index (χ0n) is 10.8. The number of rotatable bonds is 10. The lowest BCUT2D eigenvalue weighted by Gasteiger charge is -2.02. The Labute approximate surface area is 99.7 Å². The largest absolute Gasteiger partial charge is 0.481 e. The van der Waals surface area contributed by atoms with Crippen LogP contribution in [0, 0.1) is 0 Å². The Morgan fingerprint density at radius 3 is 2.19 bits per heavy atom. The van der Waals surface area contributed by atoms with Gasteiger partial charge < -0.3 is 5.11 Å². The summed E-state index contributed by atoms with van der Waals surface area (Å²) < 4.78 is 0. The molecule has 0 saturated carbocycles. The molecule has 0 aromatic heterocycles. The molecule has 2 nitrogen and oxygen atoms in total. The average molecular weight is 226 g/mol. The number of aliphatic carboxylic acids is 1. The number of hydrogen-bond acceptors (Lipinski definition) is 1. The van der Waals surface area contributed by atoms with Crippen molar-refractivity contribution < 1.29 is 9.90 Å². The van der Waals surface area contributed by atoms with Crippen molar-refractivity contribution in [3.05, 3.63) is 11.6 Å². The van der Waals surface area contributed by atoms with E-state index in [9.17, 15) is 4.79 Å². The molecule has 0 atom stereocenters. The molecule has 2 heteroatoms. The van der Waals surface area contributed by atoms with Crippen LogP contribution in [0.3, 0.4) is 0 Å². The van der Waals surface area contributed by atoms with Gasteiger partial charge >= 0.3 is 5.97 Å². The van der Waals surface area contributed by atoms with Crippen molar-refractivity contribution in [1.29, 1.82) is 0 Å². The van der Waals surface area contributed by atoms with Gasteiger partial charge in [0, 0.05) is 0 Å². The highest BCUT2D eigenvalue weighted by molar-refractivity contribution is 5.68. The maximum atomic E-state index is 10.3. The van der Waals surface area contributed by atoms with Gasteiger partial charge in [-0.2, -0.15) is 0 Å². The van der Waals surface area contributed by atoms with Gasteiger partial charge in [0.2, 0.25) is 0 Å². The van der Waals surface area contributed by atoms with E-state index >= 15 is 0 Å². The Bertz CT molecular complexity index is 207. The highest BCUT2D eigenvalue weighted by Gasteiger charge is 1.95. The van der Waals surface area contributed by atoms with Crippen LogP contribution in [0.2, 0.25) is 0 Å². The van der Waals surface area contributed by atoms with Gasteiger partial charge in [0.25, 0.3) is 0 Å². The first kappa shape index (κ1) is 15.2. The second kappa shape index (κ2) is 10.7. The van der Waals surface area contributed by atoms with Crippen LogP contribution in [0.4, 0.5) is 0 Å². The zero-order valence-corrected chi connectivity index (χ0v) is 10.8. The molecule has 0 aromatic carbocycles. The third-order valence-corrected chi connectivity index (χ3v) is 2.80. The lowest BCUT2D eigenvalue weighted by Crippen LogP contribution is -1.91. The SMILES string of the molecule is CCCCCCCCCC(C)=CCC(=O)O. The normalized spacial score (nSPS) is 11.8. The minimum Gasteiger partial charge on any atom is -0.481 e. The molecule has 0 aliphatic rings. The van der Waals surface area contributed by atoms with Gasteiger partial charge in [0.05, 0.1) is 6.42 Å². The zero-order chi connectivity index (χ0) is 12.2. The van der Waals surface area contributed by atoms with Gasteiger partial charge in [0.15, 0.2) is 0 Å². The predicted molar refractivity (Wildman–Crippen MR) is 68.6 cm³/mol. The van der Waals surface area contributed by atoms with Crippen molar-refractivity contribution in [2.24, 2.45) is 0 Å². The van der Waals surface area contributed by atoms with E-state index < -0.39 is 5.97 Å². The van der Waals surface area contributed by atoms with Crippen molar-refractivity contribution in [1.82, 2.24) is 0 Å². The fourth-order valence-electron chi connectivity index (χ4n) is 1.72. The van der Waals surface area contributed by atoms with E-state index in [4.69, 9.17) is 5.11 Å². The fourth-order valence-corrected chi connectivity index (χ4v) is 1.72. The number of carboxylic acids is 1. The maximum absolute atomic E-state index is 10.3. The summed E-state index contributed by atoms with van der Waals surface area (Å²) in [7, 11) is 0. The summed E-state index contributed by atoms with van der Waals surface area (Å²) in [6, 6.07) is 0. The lowest BCUT2D eigenvalue weighted by molar-refractivity contribution is -0.136. The van der Waals surface area contributed by atoms with Crippen LogP contribution in [-0.2, 0) is 4.79 Å². The Morgan fingerprint density at radius 1 is 1.06 bits per heavy atom. The summed E-state index contributed by atoms with van der Waals surface area (Å²) in [5, 5.41) is 8.51. The molecule has 1 N–H and O–H groups in total. The first-order valence-corrected chi connectivity index (χ1v) is 6.54. The van der Waals surface area contributed by atoms with E-state index in [1.165, 1.54) is 50.5 Å². The highest BCUT2D eigenvalue weighted by Crippen LogP contribution is 2.12. The molecule has 0 saturated heterocycles. The van der Waals surface area contributed by atoms with Crippen molar-refractivity contribution >= 4 is 5.97 Å². The van der Waals surface area contributed by atoms with Gasteiger partial charge in [-0.1, -0.05) is 57.1 Å². The number of unbranched alkanes of at least 4 members (excludes halogenated alkanes) is 6.